The molecule has 0 heterocycles. The first kappa shape index (κ1) is 14.3. The van der Waals surface area contributed by atoms with Crippen LogP contribution in [0.25, 0.3) is 0 Å². The van der Waals surface area contributed by atoms with Gasteiger partial charge in [-0.15, -0.1) is 0 Å². The molecule has 0 bridgehead atoms. The van der Waals surface area contributed by atoms with Crippen LogP contribution in [0.1, 0.15) is 65.2 Å². The van der Waals surface area contributed by atoms with E-state index < -0.39 is 0 Å². The Morgan fingerprint density at radius 3 is 2.56 bits per heavy atom. The Kier molecular flexibility index (Phi) is 4.71. The minimum Gasteiger partial charge on any atom is -0.393 e. The zero-order chi connectivity index (χ0) is 13.2. The molecule has 0 aromatic carbocycles. The monoisotopic (exact) mass is 253 g/mol. The summed E-state index contributed by atoms with van der Waals surface area (Å²) in [5, 5.41) is 9.96. The number of aliphatic hydroxyl groups excluding tert-OH is 1. The maximum absolute atomic E-state index is 9.96. The lowest BCUT2D eigenvalue weighted by Gasteiger charge is -2.47. The first-order valence-electron chi connectivity index (χ1n) is 7.92. The summed E-state index contributed by atoms with van der Waals surface area (Å²) >= 11 is 0. The predicted octanol–water partition coefficient (Wildman–Crippen LogP) is 3.44. The van der Waals surface area contributed by atoms with Gasteiger partial charge in [0.15, 0.2) is 0 Å². The van der Waals surface area contributed by atoms with Gasteiger partial charge in [0, 0.05) is 12.6 Å². The molecule has 106 valence electrons. The quantitative estimate of drug-likeness (QED) is 0.811. The molecule has 1 N–H and O–H groups in total. The first-order chi connectivity index (χ1) is 8.54. The number of rotatable bonds is 5. The van der Waals surface area contributed by atoms with Crippen LogP contribution < -0.4 is 0 Å². The van der Waals surface area contributed by atoms with Crippen molar-refractivity contribution in [2.45, 2.75) is 77.4 Å². The molecule has 0 aromatic rings. The van der Waals surface area contributed by atoms with Crippen molar-refractivity contribution in [1.29, 1.82) is 0 Å². The summed E-state index contributed by atoms with van der Waals surface area (Å²) in [7, 11) is 2.29. The Balaban J connectivity index is 1.93. The molecular formula is C16H31NO. The standard InChI is InChI=1S/C16H31NO/c1-4-6-13-7-8-14(18)11-15(13)17(3)12-16(2)9-5-10-16/h13-15,18H,4-12H2,1-3H3. The van der Waals surface area contributed by atoms with Crippen molar-refractivity contribution in [3.05, 3.63) is 0 Å². The summed E-state index contributed by atoms with van der Waals surface area (Å²) in [5.41, 5.74) is 0.563. The first-order valence-corrected chi connectivity index (χ1v) is 7.92. The molecule has 0 spiro atoms. The fourth-order valence-electron chi connectivity index (χ4n) is 4.09. The Hall–Kier alpha value is -0.0800. The minimum absolute atomic E-state index is 0.0558. The predicted molar refractivity (Wildman–Crippen MR) is 76.6 cm³/mol. The number of hydrogen-bond donors (Lipinski definition) is 1. The van der Waals surface area contributed by atoms with Gasteiger partial charge in [-0.05, 0) is 56.9 Å². The lowest BCUT2D eigenvalue weighted by Crippen LogP contribution is -2.49. The van der Waals surface area contributed by atoms with Gasteiger partial charge in [0.1, 0.15) is 0 Å². The Labute approximate surface area is 113 Å². The van der Waals surface area contributed by atoms with E-state index in [-0.39, 0.29) is 6.10 Å². The SMILES string of the molecule is CCCC1CCC(O)CC1N(C)CC1(C)CCC1. The molecule has 2 aliphatic carbocycles. The smallest absolute Gasteiger partial charge is 0.0555 e. The van der Waals surface area contributed by atoms with Crippen LogP contribution in [-0.4, -0.2) is 35.7 Å². The van der Waals surface area contributed by atoms with E-state index in [2.05, 4.69) is 25.8 Å². The summed E-state index contributed by atoms with van der Waals surface area (Å²) in [6.07, 6.45) is 10.00. The number of nitrogens with zero attached hydrogens (tertiary/aromatic N) is 1. The van der Waals surface area contributed by atoms with Gasteiger partial charge in [-0.2, -0.15) is 0 Å². The van der Waals surface area contributed by atoms with Crippen molar-refractivity contribution in [1.82, 2.24) is 4.90 Å². The van der Waals surface area contributed by atoms with Crippen LogP contribution >= 0.6 is 0 Å². The average molecular weight is 253 g/mol. The number of hydrogen-bond acceptors (Lipinski definition) is 2. The van der Waals surface area contributed by atoms with E-state index >= 15 is 0 Å². The van der Waals surface area contributed by atoms with E-state index in [1.54, 1.807) is 0 Å². The van der Waals surface area contributed by atoms with Crippen molar-refractivity contribution in [2.75, 3.05) is 13.6 Å². The largest absolute Gasteiger partial charge is 0.393 e. The van der Waals surface area contributed by atoms with Gasteiger partial charge in [0.05, 0.1) is 6.10 Å². The summed E-state index contributed by atoms with van der Waals surface area (Å²) in [4.78, 5) is 2.57. The molecule has 0 radical (unpaired) electrons. The Morgan fingerprint density at radius 1 is 1.28 bits per heavy atom. The third kappa shape index (κ3) is 3.27. The van der Waals surface area contributed by atoms with Crippen LogP contribution in [0.2, 0.25) is 0 Å². The Morgan fingerprint density at radius 2 is 2.00 bits per heavy atom. The van der Waals surface area contributed by atoms with E-state index in [1.165, 1.54) is 45.1 Å². The lowest BCUT2D eigenvalue weighted by atomic mass is 9.69. The molecular weight excluding hydrogens is 222 g/mol. The van der Waals surface area contributed by atoms with Crippen LogP contribution in [-0.2, 0) is 0 Å². The lowest BCUT2D eigenvalue weighted by molar-refractivity contribution is 0.00291. The van der Waals surface area contributed by atoms with Crippen LogP contribution in [0.3, 0.4) is 0 Å². The normalized spacial score (nSPS) is 35.5. The maximum atomic E-state index is 9.96. The van der Waals surface area contributed by atoms with Gasteiger partial charge in [-0.3, -0.25) is 0 Å². The minimum atomic E-state index is -0.0558. The second-order valence-electron chi connectivity index (χ2n) is 7.16. The maximum Gasteiger partial charge on any atom is 0.0555 e. The zero-order valence-electron chi connectivity index (χ0n) is 12.5. The third-order valence-corrected chi connectivity index (χ3v) is 5.35. The van der Waals surface area contributed by atoms with Crippen molar-refractivity contribution in [2.24, 2.45) is 11.3 Å². The second-order valence-corrected chi connectivity index (χ2v) is 7.16. The van der Waals surface area contributed by atoms with E-state index in [4.69, 9.17) is 0 Å². The fourth-order valence-corrected chi connectivity index (χ4v) is 4.09. The van der Waals surface area contributed by atoms with Crippen molar-refractivity contribution < 1.29 is 5.11 Å². The fraction of sp³-hybridized carbons (Fsp3) is 1.00. The molecule has 18 heavy (non-hydrogen) atoms. The highest BCUT2D eigenvalue weighted by molar-refractivity contribution is 4.91. The van der Waals surface area contributed by atoms with Crippen LogP contribution in [0.4, 0.5) is 0 Å². The van der Waals surface area contributed by atoms with Crippen LogP contribution in [0.15, 0.2) is 0 Å². The molecule has 0 aliphatic heterocycles. The van der Waals surface area contributed by atoms with Crippen LogP contribution in [0, 0.1) is 11.3 Å². The summed E-state index contributed by atoms with van der Waals surface area (Å²) in [5.74, 6) is 0.812. The van der Waals surface area contributed by atoms with Crippen molar-refractivity contribution in [3.63, 3.8) is 0 Å². The molecule has 3 unspecified atom stereocenters. The van der Waals surface area contributed by atoms with Gasteiger partial charge in [0.2, 0.25) is 0 Å². The molecule has 2 fully saturated rings. The molecule has 2 nitrogen and oxygen atoms in total. The molecule has 2 heteroatoms. The second kappa shape index (κ2) is 5.92. The molecule has 2 aliphatic rings. The van der Waals surface area contributed by atoms with E-state index in [0.717, 1.165) is 18.8 Å². The topological polar surface area (TPSA) is 23.5 Å². The summed E-state index contributed by atoms with van der Waals surface area (Å²) < 4.78 is 0. The van der Waals surface area contributed by atoms with E-state index in [0.29, 0.717) is 11.5 Å². The van der Waals surface area contributed by atoms with Gasteiger partial charge in [-0.1, -0.05) is 26.7 Å². The van der Waals surface area contributed by atoms with E-state index in [1.807, 2.05) is 0 Å². The Bertz CT molecular complexity index is 262. The van der Waals surface area contributed by atoms with Gasteiger partial charge in [0.25, 0.3) is 0 Å². The molecule has 0 aromatic heterocycles. The highest BCUT2D eigenvalue weighted by atomic mass is 16.3. The molecule has 3 atom stereocenters. The van der Waals surface area contributed by atoms with Crippen LogP contribution in [0.5, 0.6) is 0 Å². The molecule has 2 rings (SSSR count). The highest BCUT2D eigenvalue weighted by Crippen LogP contribution is 2.42. The molecule has 0 amide bonds. The van der Waals surface area contributed by atoms with Crippen molar-refractivity contribution >= 4 is 0 Å². The average Bonchev–Trinajstić information content (AvgIpc) is 2.29. The van der Waals surface area contributed by atoms with Gasteiger partial charge < -0.3 is 10.0 Å². The molecule has 0 saturated heterocycles. The number of aliphatic hydroxyl groups is 1. The van der Waals surface area contributed by atoms with Gasteiger partial charge in [-0.25, -0.2) is 0 Å². The van der Waals surface area contributed by atoms with Gasteiger partial charge >= 0.3 is 0 Å². The zero-order valence-corrected chi connectivity index (χ0v) is 12.5. The molecule has 2 saturated carbocycles. The summed E-state index contributed by atoms with van der Waals surface area (Å²) in [6, 6.07) is 0.617. The van der Waals surface area contributed by atoms with E-state index in [9.17, 15) is 5.11 Å². The highest BCUT2D eigenvalue weighted by Gasteiger charge is 2.37. The third-order valence-electron chi connectivity index (χ3n) is 5.35. The summed E-state index contributed by atoms with van der Waals surface area (Å²) in [6.45, 7) is 5.95. The van der Waals surface area contributed by atoms with Crippen molar-refractivity contribution in [3.8, 4) is 0 Å².